The molecular weight excluding hydrogens is 723 g/mol. The molecule has 2 aliphatic rings. The van der Waals surface area contributed by atoms with Crippen LogP contribution in [0.25, 0.3) is 0 Å². The number of ketones is 1. The number of amides is 2. The third-order valence-corrected chi connectivity index (χ3v) is 5.27. The van der Waals surface area contributed by atoms with Gasteiger partial charge in [-0.1, -0.05) is 12.1 Å². The molecule has 0 N–H and O–H groups in total. The van der Waals surface area contributed by atoms with Gasteiger partial charge in [0.1, 0.15) is 5.69 Å². The molecule has 1 atom stereocenters. The number of carboxylic acid groups (broad SMARTS) is 2. The third-order valence-electron chi connectivity index (χ3n) is 5.27. The number of rotatable bonds is 2. The summed E-state index contributed by atoms with van der Waals surface area (Å²) in [7, 11) is 1.50. The Balaban J connectivity index is 0.00000101. The second kappa shape index (κ2) is 14.2. The molecule has 14 heteroatoms. The van der Waals surface area contributed by atoms with Gasteiger partial charge in [-0.2, -0.15) is 18.4 Å². The second-order valence-electron chi connectivity index (χ2n) is 7.30. The number of carbonyl (C=O) groups excluding carboxylic acids is 3. The van der Waals surface area contributed by atoms with E-state index in [1.54, 1.807) is 24.3 Å². The quantitative estimate of drug-likeness (QED) is 0.305. The average molecular weight is 738 g/mol. The third kappa shape index (κ3) is 7.64. The van der Waals surface area contributed by atoms with Crippen LogP contribution in [0.5, 0.6) is 0 Å². The molecule has 1 aliphatic heterocycles. The van der Waals surface area contributed by atoms with Crippen molar-refractivity contribution in [1.29, 1.82) is 5.26 Å². The summed E-state index contributed by atoms with van der Waals surface area (Å²) >= 11 is 0. The molecule has 176 valence electrons. The van der Waals surface area contributed by atoms with Gasteiger partial charge in [-0.3, -0.25) is 14.7 Å². The number of alkyl halides is 3. The molecular formula is C22H15Cs2F3N4O5. The predicted molar refractivity (Wildman–Crippen MR) is 105 cm³/mol. The minimum absolute atomic E-state index is 0. The molecule has 0 saturated carbocycles. The van der Waals surface area contributed by atoms with E-state index in [0.29, 0.717) is 22.4 Å². The first-order valence-electron chi connectivity index (χ1n) is 9.70. The largest absolute Gasteiger partial charge is 1.00 e. The summed E-state index contributed by atoms with van der Waals surface area (Å²) in [6.07, 6.45) is -5.57. The number of benzene rings is 1. The van der Waals surface area contributed by atoms with Gasteiger partial charge in [0.05, 0.1) is 23.4 Å². The summed E-state index contributed by atoms with van der Waals surface area (Å²) in [4.78, 5) is 40.1. The van der Waals surface area contributed by atoms with E-state index in [1.807, 2.05) is 6.07 Å². The van der Waals surface area contributed by atoms with Crippen LogP contribution in [0.15, 0.2) is 53.9 Å². The Bertz CT molecular complexity index is 1230. The molecule has 1 aliphatic carbocycles. The van der Waals surface area contributed by atoms with Crippen LogP contribution in [0.2, 0.25) is 0 Å². The molecule has 0 bridgehead atoms. The zero-order valence-electron chi connectivity index (χ0n) is 19.5. The number of aromatic nitrogens is 1. The summed E-state index contributed by atoms with van der Waals surface area (Å²) in [5.74, 6) is -0.159. The van der Waals surface area contributed by atoms with E-state index < -0.39 is 30.1 Å². The van der Waals surface area contributed by atoms with Crippen molar-refractivity contribution < 1.29 is 176 Å². The SMILES string of the molecule is CN1C(=O)N(c2ccnc(C(F)(F)F)c2)C2=C(C(=O)CC2)C1c1ccc(C#N)cc1.O=C([O-])[O-].[Cs+].[Cs+]. The second-order valence-corrected chi connectivity index (χ2v) is 7.30. The van der Waals surface area contributed by atoms with Gasteiger partial charge >= 0.3 is 150 Å². The molecule has 1 aromatic carbocycles. The van der Waals surface area contributed by atoms with Crippen molar-refractivity contribution in [2.24, 2.45) is 0 Å². The zero-order chi connectivity index (χ0) is 25.2. The van der Waals surface area contributed by atoms with Crippen molar-refractivity contribution in [3.63, 3.8) is 0 Å². The van der Waals surface area contributed by atoms with E-state index in [1.165, 1.54) is 18.0 Å². The van der Waals surface area contributed by atoms with Crippen LogP contribution in [0.1, 0.15) is 35.7 Å². The summed E-state index contributed by atoms with van der Waals surface area (Å²) in [5, 5.41) is 25.7. The maximum absolute atomic E-state index is 13.2. The maximum Gasteiger partial charge on any atom is 1.00 e. The number of urea groups is 1. The monoisotopic (exact) mass is 738 g/mol. The number of nitrogens with zero attached hydrogens (tertiary/aromatic N) is 4. The first-order chi connectivity index (χ1) is 16.0. The smallest absolute Gasteiger partial charge is 0.652 e. The van der Waals surface area contributed by atoms with Gasteiger partial charge < -0.3 is 19.9 Å². The Hall–Kier alpha value is -0.296. The van der Waals surface area contributed by atoms with E-state index in [0.717, 1.165) is 17.2 Å². The first kappa shape index (κ1) is 33.7. The molecule has 0 spiro atoms. The molecule has 0 fully saturated rings. The van der Waals surface area contributed by atoms with Crippen LogP contribution < -0.4 is 153 Å². The van der Waals surface area contributed by atoms with Crippen molar-refractivity contribution in [2.45, 2.75) is 25.1 Å². The van der Waals surface area contributed by atoms with Crippen LogP contribution in [0.4, 0.5) is 28.4 Å². The van der Waals surface area contributed by atoms with Crippen molar-refractivity contribution >= 4 is 23.7 Å². The van der Waals surface area contributed by atoms with Gasteiger partial charge in [0.2, 0.25) is 0 Å². The molecule has 2 amide bonds. The molecule has 9 nitrogen and oxygen atoms in total. The minimum Gasteiger partial charge on any atom is -0.652 e. The van der Waals surface area contributed by atoms with E-state index >= 15 is 0 Å². The number of halogens is 3. The van der Waals surface area contributed by atoms with Gasteiger partial charge in [-0.15, -0.1) is 0 Å². The summed E-state index contributed by atoms with van der Waals surface area (Å²) in [6, 6.07) is 9.46. The van der Waals surface area contributed by atoms with Crippen LogP contribution in [-0.4, -0.2) is 34.9 Å². The Morgan fingerprint density at radius 2 is 1.69 bits per heavy atom. The first-order valence-corrected chi connectivity index (χ1v) is 9.70. The number of anilines is 1. The van der Waals surface area contributed by atoms with Crippen LogP contribution in [0, 0.1) is 11.3 Å². The Morgan fingerprint density at radius 1 is 1.11 bits per heavy atom. The number of allylic oxidation sites excluding steroid dienone is 1. The number of hydrogen-bond acceptors (Lipinski definition) is 7. The molecule has 2 heterocycles. The Kier molecular flexibility index (Phi) is 13.3. The van der Waals surface area contributed by atoms with Crippen LogP contribution >= 0.6 is 0 Å². The predicted octanol–water partition coefficient (Wildman–Crippen LogP) is -4.24. The van der Waals surface area contributed by atoms with Crippen molar-refractivity contribution in [1.82, 2.24) is 9.88 Å². The van der Waals surface area contributed by atoms with Gasteiger partial charge in [-0.25, -0.2) is 4.79 Å². The van der Waals surface area contributed by atoms with E-state index in [9.17, 15) is 22.8 Å². The Labute approximate surface area is 321 Å². The standard InChI is InChI=1S/C21H15F3N4O2.CH2O3.2Cs/c1-27-19(13-4-2-12(11-25)3-5-13)18-15(6-7-16(18)29)28(20(27)30)14-8-9-26-17(10-14)21(22,23)24;2-1(3)4;;/h2-5,8-10,19H,6-7H2,1H3;(H2,2,3,4);;/q;;2*+1/p-2. The Morgan fingerprint density at radius 3 is 2.22 bits per heavy atom. The van der Waals surface area contributed by atoms with E-state index in [-0.39, 0.29) is 162 Å². The summed E-state index contributed by atoms with van der Waals surface area (Å²) in [6.45, 7) is 0. The van der Waals surface area contributed by atoms with Gasteiger partial charge in [0, 0.05) is 30.9 Å². The fourth-order valence-corrected chi connectivity index (χ4v) is 3.89. The number of hydrogen-bond donors (Lipinski definition) is 0. The normalized spacial score (nSPS) is 16.7. The van der Waals surface area contributed by atoms with Crippen molar-refractivity contribution in [2.75, 3.05) is 11.9 Å². The van der Waals surface area contributed by atoms with Gasteiger partial charge in [0.15, 0.2) is 5.78 Å². The molecule has 2 aromatic rings. The minimum atomic E-state index is -4.66. The number of carbonyl (C=O) groups is 3. The molecule has 0 radical (unpaired) electrons. The fourth-order valence-electron chi connectivity index (χ4n) is 3.89. The van der Waals surface area contributed by atoms with E-state index in [2.05, 4.69) is 4.98 Å². The topological polar surface area (TPSA) is 140 Å². The fraction of sp³-hybridized carbons (Fsp3) is 0.227. The number of nitriles is 1. The van der Waals surface area contributed by atoms with Crippen LogP contribution in [-0.2, 0) is 11.0 Å². The van der Waals surface area contributed by atoms with Crippen molar-refractivity contribution in [3.05, 3.63) is 70.7 Å². The molecule has 1 aromatic heterocycles. The van der Waals surface area contributed by atoms with Crippen LogP contribution in [0.3, 0.4) is 0 Å². The van der Waals surface area contributed by atoms with E-state index in [4.69, 9.17) is 20.3 Å². The summed E-state index contributed by atoms with van der Waals surface area (Å²) in [5.41, 5.74) is 0.765. The number of likely N-dealkylation sites (N-methyl/N-ethyl adjacent to an activating group) is 1. The molecule has 4 rings (SSSR count). The molecule has 36 heavy (non-hydrogen) atoms. The zero-order valence-corrected chi connectivity index (χ0v) is 32.1. The van der Waals surface area contributed by atoms with Gasteiger partial charge in [-0.05, 0) is 42.4 Å². The van der Waals surface area contributed by atoms with Gasteiger partial charge in [0.25, 0.3) is 0 Å². The molecule has 0 saturated heterocycles. The summed E-state index contributed by atoms with van der Waals surface area (Å²) < 4.78 is 39.4. The maximum atomic E-state index is 13.2. The number of pyridine rings is 1. The average Bonchev–Trinajstić information content (AvgIpc) is 3.15. The molecule has 1 unspecified atom stereocenters. The number of Topliss-reactive ketones (excluding diaryl/α,β-unsaturated/α-hetero) is 1. The van der Waals surface area contributed by atoms with Crippen molar-refractivity contribution in [3.8, 4) is 6.07 Å².